The van der Waals surface area contributed by atoms with Crippen LogP contribution in [0.2, 0.25) is 0 Å². The first-order valence-corrected chi connectivity index (χ1v) is 6.84. The molecular weight excluding hydrogens is 258 g/mol. The van der Waals surface area contributed by atoms with E-state index >= 15 is 0 Å². The summed E-state index contributed by atoms with van der Waals surface area (Å²) in [4.78, 5) is 22.0. The quantitative estimate of drug-likeness (QED) is 0.455. The zero-order chi connectivity index (χ0) is 14.5. The third-order valence-corrected chi connectivity index (χ3v) is 3.19. The van der Waals surface area contributed by atoms with Crippen molar-refractivity contribution in [1.82, 2.24) is 5.32 Å². The topological polar surface area (TPSA) is 84.3 Å². The van der Waals surface area contributed by atoms with Crippen molar-refractivity contribution in [1.29, 1.82) is 0 Å². The van der Waals surface area contributed by atoms with Gasteiger partial charge in [-0.2, -0.15) is 0 Å². The summed E-state index contributed by atoms with van der Waals surface area (Å²) in [7, 11) is 0. The largest absolute Gasteiger partial charge is 0.379 e. The van der Waals surface area contributed by atoms with Gasteiger partial charge in [-0.1, -0.05) is 6.07 Å². The lowest BCUT2D eigenvalue weighted by Gasteiger charge is -2.08. The van der Waals surface area contributed by atoms with Crippen molar-refractivity contribution in [2.75, 3.05) is 11.9 Å². The van der Waals surface area contributed by atoms with Crippen LogP contribution < -0.4 is 10.6 Å². The lowest BCUT2D eigenvalue weighted by Crippen LogP contribution is -2.25. The molecule has 108 valence electrons. The molecule has 1 aliphatic rings. The number of nitrogens with one attached hydrogen (secondary N) is 2. The van der Waals surface area contributed by atoms with E-state index in [9.17, 15) is 14.9 Å². The number of amides is 1. The van der Waals surface area contributed by atoms with Crippen molar-refractivity contribution < 1.29 is 9.72 Å². The van der Waals surface area contributed by atoms with Crippen molar-refractivity contribution in [3.05, 3.63) is 33.9 Å². The highest BCUT2D eigenvalue weighted by molar-refractivity contribution is 5.76. The SMILES string of the molecule is Cc1ccc(NCCCC(=O)NC2CC2)c([N+](=O)[O-])c1. The Balaban J connectivity index is 1.78. The van der Waals surface area contributed by atoms with Crippen LogP contribution in [0.3, 0.4) is 0 Å². The highest BCUT2D eigenvalue weighted by atomic mass is 16.6. The number of carbonyl (C=O) groups excluding carboxylic acids is 1. The lowest BCUT2D eigenvalue weighted by atomic mass is 10.2. The Kier molecular flexibility index (Phi) is 4.55. The maximum atomic E-state index is 11.5. The molecule has 1 aromatic rings. The van der Waals surface area contributed by atoms with Crippen molar-refractivity contribution in [3.8, 4) is 0 Å². The van der Waals surface area contributed by atoms with Crippen LogP contribution in [0.4, 0.5) is 11.4 Å². The normalized spacial score (nSPS) is 13.8. The average molecular weight is 277 g/mol. The van der Waals surface area contributed by atoms with Gasteiger partial charge < -0.3 is 10.6 Å². The second-order valence-corrected chi connectivity index (χ2v) is 5.15. The highest BCUT2D eigenvalue weighted by Crippen LogP contribution is 2.25. The molecule has 2 N–H and O–H groups in total. The molecule has 6 heteroatoms. The minimum absolute atomic E-state index is 0.0627. The first kappa shape index (κ1) is 14.3. The number of nitro benzene ring substituents is 1. The number of carbonyl (C=O) groups is 1. The molecule has 1 aliphatic carbocycles. The minimum atomic E-state index is -0.394. The van der Waals surface area contributed by atoms with E-state index in [-0.39, 0.29) is 11.6 Å². The molecule has 2 rings (SSSR count). The van der Waals surface area contributed by atoms with Crippen LogP contribution in [0.15, 0.2) is 18.2 Å². The van der Waals surface area contributed by atoms with E-state index in [1.807, 2.05) is 13.0 Å². The Bertz CT molecular complexity index is 512. The van der Waals surface area contributed by atoms with Gasteiger partial charge >= 0.3 is 0 Å². The Hall–Kier alpha value is -2.11. The fourth-order valence-corrected chi connectivity index (χ4v) is 1.94. The third-order valence-electron chi connectivity index (χ3n) is 3.19. The van der Waals surface area contributed by atoms with Gasteiger partial charge in [-0.15, -0.1) is 0 Å². The number of hydrogen-bond donors (Lipinski definition) is 2. The molecule has 20 heavy (non-hydrogen) atoms. The predicted octanol–water partition coefficient (Wildman–Crippen LogP) is 2.37. The van der Waals surface area contributed by atoms with Gasteiger partial charge in [-0.05, 0) is 37.8 Å². The molecule has 0 heterocycles. The molecule has 0 saturated heterocycles. The van der Waals surface area contributed by atoms with Crippen molar-refractivity contribution in [3.63, 3.8) is 0 Å². The Morgan fingerprint density at radius 2 is 2.20 bits per heavy atom. The zero-order valence-corrected chi connectivity index (χ0v) is 11.5. The molecule has 1 fully saturated rings. The smallest absolute Gasteiger partial charge is 0.292 e. The second kappa shape index (κ2) is 6.36. The summed E-state index contributed by atoms with van der Waals surface area (Å²) in [6.45, 7) is 2.36. The minimum Gasteiger partial charge on any atom is -0.379 e. The lowest BCUT2D eigenvalue weighted by molar-refractivity contribution is -0.384. The molecular formula is C14H19N3O3. The molecule has 0 radical (unpaired) electrons. The summed E-state index contributed by atoms with van der Waals surface area (Å²) in [6, 6.07) is 5.46. The fourth-order valence-electron chi connectivity index (χ4n) is 1.94. The van der Waals surface area contributed by atoms with Crippen LogP contribution in [0, 0.1) is 17.0 Å². The standard InChI is InChI=1S/C14H19N3O3/c1-10-4-7-12(13(9-10)17(19)20)15-8-2-3-14(18)16-11-5-6-11/h4,7,9,11,15H,2-3,5-6,8H2,1H3,(H,16,18). The van der Waals surface area contributed by atoms with E-state index in [2.05, 4.69) is 10.6 Å². The molecule has 0 aliphatic heterocycles. The van der Waals surface area contributed by atoms with E-state index in [0.717, 1.165) is 18.4 Å². The summed E-state index contributed by atoms with van der Waals surface area (Å²) in [5.74, 6) is 0.0627. The molecule has 0 unspecified atom stereocenters. The van der Waals surface area contributed by atoms with Gasteiger partial charge in [-0.3, -0.25) is 14.9 Å². The highest BCUT2D eigenvalue weighted by Gasteiger charge is 2.22. The molecule has 6 nitrogen and oxygen atoms in total. The average Bonchev–Trinajstić information content (AvgIpc) is 3.19. The van der Waals surface area contributed by atoms with Crippen LogP contribution in [-0.4, -0.2) is 23.4 Å². The Morgan fingerprint density at radius 1 is 1.45 bits per heavy atom. The molecule has 0 atom stereocenters. The molecule has 1 saturated carbocycles. The van der Waals surface area contributed by atoms with Crippen molar-refractivity contribution >= 4 is 17.3 Å². The van der Waals surface area contributed by atoms with E-state index in [4.69, 9.17) is 0 Å². The maximum absolute atomic E-state index is 11.5. The first-order valence-electron chi connectivity index (χ1n) is 6.84. The van der Waals surface area contributed by atoms with Gasteiger partial charge in [0.2, 0.25) is 5.91 Å². The number of hydrogen-bond acceptors (Lipinski definition) is 4. The number of nitro groups is 1. The number of aryl methyl sites for hydroxylation is 1. The molecule has 0 bridgehead atoms. The van der Waals surface area contributed by atoms with E-state index in [0.29, 0.717) is 31.1 Å². The third kappa shape index (κ3) is 4.22. The summed E-state index contributed by atoms with van der Waals surface area (Å²) in [5, 5.41) is 16.9. The van der Waals surface area contributed by atoms with Gasteiger partial charge in [0.15, 0.2) is 0 Å². The van der Waals surface area contributed by atoms with Gasteiger partial charge in [0.1, 0.15) is 5.69 Å². The van der Waals surface area contributed by atoms with Gasteiger partial charge in [0.25, 0.3) is 5.69 Å². The second-order valence-electron chi connectivity index (χ2n) is 5.15. The zero-order valence-electron chi connectivity index (χ0n) is 11.5. The number of rotatable bonds is 7. The van der Waals surface area contributed by atoms with E-state index in [1.54, 1.807) is 12.1 Å². The van der Waals surface area contributed by atoms with Crippen LogP contribution in [0.25, 0.3) is 0 Å². The van der Waals surface area contributed by atoms with Crippen molar-refractivity contribution in [2.45, 2.75) is 38.6 Å². The number of nitrogens with zero attached hydrogens (tertiary/aromatic N) is 1. The maximum Gasteiger partial charge on any atom is 0.292 e. The molecule has 1 amide bonds. The van der Waals surface area contributed by atoms with Gasteiger partial charge in [0.05, 0.1) is 4.92 Å². The van der Waals surface area contributed by atoms with Gasteiger partial charge in [-0.25, -0.2) is 0 Å². The summed E-state index contributed by atoms with van der Waals surface area (Å²) in [5.41, 5.74) is 1.43. The van der Waals surface area contributed by atoms with E-state index < -0.39 is 4.92 Å². The number of anilines is 1. The molecule has 0 aromatic heterocycles. The summed E-state index contributed by atoms with van der Waals surface area (Å²) < 4.78 is 0. The summed E-state index contributed by atoms with van der Waals surface area (Å²) in [6.07, 6.45) is 3.27. The predicted molar refractivity (Wildman–Crippen MR) is 76.7 cm³/mol. The van der Waals surface area contributed by atoms with Crippen LogP contribution >= 0.6 is 0 Å². The van der Waals surface area contributed by atoms with Crippen LogP contribution in [-0.2, 0) is 4.79 Å². The summed E-state index contributed by atoms with van der Waals surface area (Å²) >= 11 is 0. The number of benzene rings is 1. The Morgan fingerprint density at radius 3 is 2.85 bits per heavy atom. The monoisotopic (exact) mass is 277 g/mol. The molecule has 1 aromatic carbocycles. The molecule has 0 spiro atoms. The van der Waals surface area contributed by atoms with Crippen molar-refractivity contribution in [2.24, 2.45) is 0 Å². The van der Waals surface area contributed by atoms with Crippen LogP contribution in [0.5, 0.6) is 0 Å². The van der Waals surface area contributed by atoms with Crippen LogP contribution in [0.1, 0.15) is 31.2 Å². The van der Waals surface area contributed by atoms with Gasteiger partial charge in [0, 0.05) is 25.1 Å². The first-order chi connectivity index (χ1) is 9.56. The van der Waals surface area contributed by atoms with E-state index in [1.165, 1.54) is 0 Å². The Labute approximate surface area is 117 Å². The fraction of sp³-hybridized carbons (Fsp3) is 0.500.